The summed E-state index contributed by atoms with van der Waals surface area (Å²) >= 11 is 0. The molecule has 4 N–H and O–H groups in total. The minimum atomic E-state index is 0.0435. The summed E-state index contributed by atoms with van der Waals surface area (Å²) in [5.41, 5.74) is 22.4. The molecule has 0 fully saturated rings. The summed E-state index contributed by atoms with van der Waals surface area (Å²) in [6.07, 6.45) is 1.46. The van der Waals surface area contributed by atoms with Gasteiger partial charge < -0.3 is 25.8 Å². The molecule has 29 heavy (non-hydrogen) atoms. The first-order chi connectivity index (χ1) is 14.2. The van der Waals surface area contributed by atoms with Crippen LogP contribution in [-0.4, -0.2) is 46.0 Å². The van der Waals surface area contributed by atoms with Crippen molar-refractivity contribution >= 4 is 17.1 Å². The van der Waals surface area contributed by atoms with E-state index in [1.807, 2.05) is 24.3 Å². The Morgan fingerprint density at radius 2 is 1.90 bits per heavy atom. The Hall–Kier alpha value is -3.60. The van der Waals surface area contributed by atoms with Crippen LogP contribution in [0.2, 0.25) is 0 Å². The first-order valence-corrected chi connectivity index (χ1v) is 8.84. The van der Waals surface area contributed by atoms with E-state index in [-0.39, 0.29) is 25.0 Å². The molecule has 0 atom stereocenters. The first-order valence-electron chi connectivity index (χ1n) is 8.84. The molecule has 0 bridgehead atoms. The third kappa shape index (κ3) is 5.45. The lowest BCUT2D eigenvalue weighted by Crippen LogP contribution is -2.17. The number of rotatable bonds is 11. The van der Waals surface area contributed by atoms with Crippen LogP contribution in [0.4, 0.5) is 5.95 Å². The number of fused-ring (bicyclic) bond motifs is 1. The Balaban J connectivity index is 1.62. The highest BCUT2D eigenvalue weighted by molar-refractivity contribution is 5.77. The summed E-state index contributed by atoms with van der Waals surface area (Å²) in [5, 5.41) is 3.38. The molecule has 0 unspecified atom stereocenters. The van der Waals surface area contributed by atoms with Crippen LogP contribution in [0.1, 0.15) is 11.1 Å². The van der Waals surface area contributed by atoms with Gasteiger partial charge in [-0.15, -0.1) is 0 Å². The number of anilines is 1. The van der Waals surface area contributed by atoms with Crippen LogP contribution in [0.5, 0.6) is 5.88 Å². The maximum absolute atomic E-state index is 8.19. The molecular weight excluding hydrogens is 378 g/mol. The van der Waals surface area contributed by atoms with Crippen molar-refractivity contribution in [1.29, 1.82) is 0 Å². The molecule has 3 rings (SSSR count). The summed E-state index contributed by atoms with van der Waals surface area (Å²) in [6.45, 7) is 1.92. The van der Waals surface area contributed by atoms with E-state index in [9.17, 15) is 0 Å². The Morgan fingerprint density at radius 3 is 2.66 bits per heavy atom. The van der Waals surface area contributed by atoms with Crippen LogP contribution < -0.4 is 21.0 Å². The standard InChI is InChI=1S/C17H21N9O3/c18-9-12-1-3-13(4-2-12)10-28-16-14-15(23-17(19)24-16)26(11-21-14)29-8-7-27-6-5-22-25-20/h1-4,11H,5-10,18H2,(H2,19,23,24). The Kier molecular flexibility index (Phi) is 7.00. The number of imidazole rings is 1. The van der Waals surface area contributed by atoms with Gasteiger partial charge in [0.15, 0.2) is 5.52 Å². The summed E-state index contributed by atoms with van der Waals surface area (Å²) < 4.78 is 12.5. The summed E-state index contributed by atoms with van der Waals surface area (Å²) in [6, 6.07) is 7.76. The molecule has 0 aliphatic carbocycles. The molecule has 0 saturated carbocycles. The van der Waals surface area contributed by atoms with E-state index >= 15 is 0 Å². The van der Waals surface area contributed by atoms with Gasteiger partial charge in [-0.25, -0.2) is 4.98 Å². The molecular formula is C17H21N9O3. The van der Waals surface area contributed by atoms with E-state index < -0.39 is 0 Å². The van der Waals surface area contributed by atoms with Gasteiger partial charge in [-0.3, -0.25) is 0 Å². The maximum atomic E-state index is 8.19. The van der Waals surface area contributed by atoms with E-state index in [1.54, 1.807) is 0 Å². The number of nitrogens with zero attached hydrogens (tertiary/aromatic N) is 7. The van der Waals surface area contributed by atoms with Crippen molar-refractivity contribution in [3.05, 3.63) is 52.2 Å². The molecule has 0 aliphatic heterocycles. The molecule has 0 radical (unpaired) electrons. The molecule has 2 aromatic heterocycles. The van der Waals surface area contributed by atoms with Gasteiger partial charge in [0, 0.05) is 18.0 Å². The van der Waals surface area contributed by atoms with Crippen molar-refractivity contribution in [3.8, 4) is 5.88 Å². The van der Waals surface area contributed by atoms with Gasteiger partial charge in [-0.1, -0.05) is 29.4 Å². The first kappa shape index (κ1) is 20.1. The van der Waals surface area contributed by atoms with Crippen LogP contribution in [-0.2, 0) is 17.9 Å². The molecule has 0 amide bonds. The Bertz CT molecular complexity index is 984. The zero-order valence-corrected chi connectivity index (χ0v) is 15.6. The van der Waals surface area contributed by atoms with Gasteiger partial charge >= 0.3 is 0 Å². The van der Waals surface area contributed by atoms with Gasteiger partial charge in [-0.05, 0) is 16.7 Å². The van der Waals surface area contributed by atoms with Crippen molar-refractivity contribution in [2.24, 2.45) is 10.8 Å². The lowest BCUT2D eigenvalue weighted by Gasteiger charge is -2.09. The lowest BCUT2D eigenvalue weighted by atomic mass is 10.1. The third-order valence-corrected chi connectivity index (χ3v) is 3.84. The number of aromatic nitrogens is 4. The number of nitrogens with two attached hydrogens (primary N) is 2. The fourth-order valence-corrected chi connectivity index (χ4v) is 2.44. The quantitative estimate of drug-likeness (QED) is 0.209. The van der Waals surface area contributed by atoms with Crippen LogP contribution in [0.15, 0.2) is 35.7 Å². The highest BCUT2D eigenvalue weighted by Crippen LogP contribution is 2.22. The van der Waals surface area contributed by atoms with Crippen LogP contribution in [0.3, 0.4) is 0 Å². The second-order valence-corrected chi connectivity index (χ2v) is 5.84. The number of benzene rings is 1. The second-order valence-electron chi connectivity index (χ2n) is 5.84. The van der Waals surface area contributed by atoms with E-state index in [0.29, 0.717) is 37.5 Å². The third-order valence-electron chi connectivity index (χ3n) is 3.84. The predicted octanol–water partition coefficient (Wildman–Crippen LogP) is 1.20. The molecule has 1 aromatic carbocycles. The predicted molar refractivity (Wildman–Crippen MR) is 105 cm³/mol. The van der Waals surface area contributed by atoms with Crippen molar-refractivity contribution < 1.29 is 14.3 Å². The molecule has 0 saturated heterocycles. The smallest absolute Gasteiger partial charge is 0.247 e. The second kappa shape index (κ2) is 10.1. The molecule has 3 aromatic rings. The SMILES string of the molecule is [N-]=[N+]=NCCOCCOn1cnc2c(OCc3ccc(CN)cc3)nc(N)nc21. The van der Waals surface area contributed by atoms with Crippen LogP contribution >= 0.6 is 0 Å². The summed E-state index contributed by atoms with van der Waals surface area (Å²) in [7, 11) is 0. The minimum absolute atomic E-state index is 0.0435. The molecule has 152 valence electrons. The fraction of sp³-hybridized carbons (Fsp3) is 0.353. The van der Waals surface area contributed by atoms with E-state index in [2.05, 4.69) is 25.0 Å². The average molecular weight is 399 g/mol. The van der Waals surface area contributed by atoms with E-state index in [1.165, 1.54) is 11.1 Å². The molecule has 12 nitrogen and oxygen atoms in total. The van der Waals surface area contributed by atoms with Gasteiger partial charge in [0.25, 0.3) is 0 Å². The van der Waals surface area contributed by atoms with Crippen molar-refractivity contribution in [3.63, 3.8) is 0 Å². The number of hydrogen-bond acceptors (Lipinski definition) is 9. The number of hydrogen-bond donors (Lipinski definition) is 2. The fourth-order valence-electron chi connectivity index (χ4n) is 2.44. The number of nitrogen functional groups attached to an aromatic ring is 1. The van der Waals surface area contributed by atoms with Gasteiger partial charge in [0.2, 0.25) is 17.5 Å². The van der Waals surface area contributed by atoms with Crippen molar-refractivity contribution in [1.82, 2.24) is 19.7 Å². The summed E-state index contributed by atoms with van der Waals surface area (Å²) in [4.78, 5) is 20.8. The number of azide groups is 1. The maximum Gasteiger partial charge on any atom is 0.247 e. The van der Waals surface area contributed by atoms with Crippen molar-refractivity contribution in [2.75, 3.05) is 32.1 Å². The highest BCUT2D eigenvalue weighted by atomic mass is 16.7. The highest BCUT2D eigenvalue weighted by Gasteiger charge is 2.14. The van der Waals surface area contributed by atoms with Crippen molar-refractivity contribution in [2.45, 2.75) is 13.2 Å². The Morgan fingerprint density at radius 1 is 1.10 bits per heavy atom. The van der Waals surface area contributed by atoms with E-state index in [4.69, 9.17) is 31.3 Å². The number of ether oxygens (including phenoxy) is 2. The van der Waals surface area contributed by atoms with Crippen LogP contribution in [0, 0.1) is 0 Å². The largest absolute Gasteiger partial charge is 0.471 e. The average Bonchev–Trinajstić information content (AvgIpc) is 3.14. The summed E-state index contributed by atoms with van der Waals surface area (Å²) in [5.74, 6) is 0.310. The lowest BCUT2D eigenvalue weighted by molar-refractivity contribution is 0.0446. The minimum Gasteiger partial charge on any atom is -0.471 e. The monoisotopic (exact) mass is 399 g/mol. The van der Waals surface area contributed by atoms with Crippen LogP contribution in [0.25, 0.3) is 21.6 Å². The molecule has 2 heterocycles. The van der Waals surface area contributed by atoms with E-state index in [0.717, 1.165) is 11.1 Å². The topological polar surface area (TPSA) is 172 Å². The molecule has 12 heteroatoms. The molecule has 0 spiro atoms. The molecule has 0 aliphatic rings. The normalized spacial score (nSPS) is 10.7. The zero-order chi connectivity index (χ0) is 20.5. The van der Waals surface area contributed by atoms with Gasteiger partial charge in [0.05, 0.1) is 13.2 Å². The Labute approximate surface area is 166 Å². The van der Waals surface area contributed by atoms with Gasteiger partial charge in [-0.2, -0.15) is 14.7 Å². The van der Waals surface area contributed by atoms with Gasteiger partial charge in [0.1, 0.15) is 19.5 Å². The zero-order valence-electron chi connectivity index (χ0n) is 15.6.